The molecule has 9 N–H and O–H groups in total. The van der Waals surface area contributed by atoms with E-state index in [9.17, 15) is 58.8 Å². The van der Waals surface area contributed by atoms with Gasteiger partial charge in [-0.25, -0.2) is 0 Å². The summed E-state index contributed by atoms with van der Waals surface area (Å²) in [6, 6.07) is 0. The second kappa shape index (κ2) is 28.7. The predicted octanol–water partition coefficient (Wildman–Crippen LogP) is -2.36. The van der Waals surface area contributed by atoms with Gasteiger partial charge in [0.2, 0.25) is 29.5 Å². The molecule has 0 aromatic carbocycles. The Balaban J connectivity index is 2.42. The van der Waals surface area contributed by atoms with Crippen LogP contribution < -0.4 is 26.6 Å². The van der Waals surface area contributed by atoms with Crippen molar-refractivity contribution in [1.82, 2.24) is 46.2 Å². The van der Waals surface area contributed by atoms with E-state index < -0.39 is 52.6 Å². The number of aliphatic hydroxyl groups is 1. The number of aliphatic carboxylic acids is 3. The molecule has 2 unspecified atom stereocenters. The lowest BCUT2D eigenvalue weighted by Gasteiger charge is -2.35. The highest BCUT2D eigenvalue weighted by Crippen LogP contribution is 2.37. The SMILES string of the molecule is CCC(C)(CC(C)(C)C(=O)NCC(=O)NCC(=O)NCCSSCCNC(=O)CN1CCN(CC(=O)O)CCN(CC(=O)O)CCN(CC(=O)O)CC1)C(=O)NCC(C)O. The molecule has 1 aliphatic rings. The van der Waals surface area contributed by atoms with E-state index in [0.717, 1.165) is 0 Å². The van der Waals surface area contributed by atoms with Crippen LogP contribution in [0.15, 0.2) is 0 Å². The zero-order valence-electron chi connectivity index (χ0n) is 35.6. The summed E-state index contributed by atoms with van der Waals surface area (Å²) in [5, 5.41) is 50.9. The summed E-state index contributed by atoms with van der Waals surface area (Å²) in [5.74, 6) is -3.87. The average Bonchev–Trinajstić information content (AvgIpc) is 3.16. The Bertz CT molecular complexity index is 1400. The fourth-order valence-electron chi connectivity index (χ4n) is 6.20. The Labute approximate surface area is 360 Å². The van der Waals surface area contributed by atoms with E-state index in [1.54, 1.807) is 42.4 Å². The van der Waals surface area contributed by atoms with Gasteiger partial charge in [-0.2, -0.15) is 0 Å². The number of aliphatic hydroxyl groups excluding tert-OH is 1. The lowest BCUT2D eigenvalue weighted by molar-refractivity contribution is -0.140. The fourth-order valence-corrected chi connectivity index (χ4v) is 8.02. The molecule has 0 aromatic rings. The van der Waals surface area contributed by atoms with Crippen molar-refractivity contribution in [1.29, 1.82) is 0 Å². The summed E-state index contributed by atoms with van der Waals surface area (Å²) >= 11 is 0. The Hall–Kier alpha value is -3.74. The molecular weight excluding hydrogens is 827 g/mol. The minimum Gasteiger partial charge on any atom is -0.480 e. The third-order valence-corrected chi connectivity index (χ3v) is 12.1. The Morgan fingerprint density at radius 2 is 0.950 bits per heavy atom. The number of carboxylic acid groups (broad SMARTS) is 3. The quantitative estimate of drug-likeness (QED) is 0.0324. The molecular formula is C37H67N9O12S2. The molecule has 0 radical (unpaired) electrons. The van der Waals surface area contributed by atoms with Crippen LogP contribution >= 0.6 is 21.6 Å². The summed E-state index contributed by atoms with van der Waals surface area (Å²) in [7, 11) is 2.98. The number of rotatable bonds is 26. The number of nitrogens with one attached hydrogen (secondary N) is 5. The highest BCUT2D eigenvalue weighted by atomic mass is 33.1. The van der Waals surface area contributed by atoms with Gasteiger partial charge in [0, 0.05) is 94.3 Å². The predicted molar refractivity (Wildman–Crippen MR) is 227 cm³/mol. The highest BCUT2D eigenvalue weighted by molar-refractivity contribution is 8.76. The largest absolute Gasteiger partial charge is 0.480 e. The van der Waals surface area contributed by atoms with Crippen molar-refractivity contribution in [3.05, 3.63) is 0 Å². The zero-order valence-corrected chi connectivity index (χ0v) is 37.2. The number of nitrogens with zero attached hydrogens (tertiary/aromatic N) is 4. The van der Waals surface area contributed by atoms with E-state index in [2.05, 4.69) is 26.6 Å². The molecule has 60 heavy (non-hydrogen) atoms. The summed E-state index contributed by atoms with van der Waals surface area (Å²) in [4.78, 5) is 104. The molecule has 2 atom stereocenters. The number of amides is 5. The first-order valence-electron chi connectivity index (χ1n) is 20.0. The van der Waals surface area contributed by atoms with Crippen LogP contribution in [0.1, 0.15) is 47.5 Å². The van der Waals surface area contributed by atoms with Gasteiger partial charge in [0.1, 0.15) is 0 Å². The topological polar surface area (TPSA) is 291 Å². The lowest BCUT2D eigenvalue weighted by atomic mass is 9.71. The highest BCUT2D eigenvalue weighted by Gasteiger charge is 2.41. The van der Waals surface area contributed by atoms with Crippen LogP contribution in [0.25, 0.3) is 0 Å². The molecule has 1 fully saturated rings. The van der Waals surface area contributed by atoms with Gasteiger partial charge in [-0.1, -0.05) is 49.3 Å². The van der Waals surface area contributed by atoms with Crippen molar-refractivity contribution in [2.45, 2.75) is 53.6 Å². The van der Waals surface area contributed by atoms with Crippen LogP contribution in [-0.2, 0) is 38.4 Å². The Morgan fingerprint density at radius 1 is 0.567 bits per heavy atom. The van der Waals surface area contributed by atoms with E-state index in [-0.39, 0.29) is 90.2 Å². The number of carbonyl (C=O) groups excluding carboxylic acids is 5. The standard InChI is InChI=1S/C37H67N9O12S2/c1-6-37(5,35(58)41-19-27(2)47)26-36(3,4)34(57)42-21-29(49)40-20-28(48)38-7-17-59-60-18-8-39-30(50)22-43-9-11-44(23-31(51)52)13-15-46(25-33(55)56)16-14-45(12-10-43)24-32(53)54/h27,47H,6-26H2,1-5H3,(H,38,48)(H,39,50)(H,40,49)(H,41,58)(H,42,57)(H,51,52)(H,53,54)(H,55,56). The smallest absolute Gasteiger partial charge is 0.317 e. The van der Waals surface area contributed by atoms with Crippen molar-refractivity contribution >= 4 is 69.0 Å². The van der Waals surface area contributed by atoms with Crippen LogP contribution in [0.4, 0.5) is 0 Å². The van der Waals surface area contributed by atoms with Gasteiger partial charge in [-0.05, 0) is 19.8 Å². The van der Waals surface area contributed by atoms with Crippen molar-refractivity contribution in [3.63, 3.8) is 0 Å². The molecule has 0 spiro atoms. The third-order valence-electron chi connectivity index (χ3n) is 9.66. The summed E-state index contributed by atoms with van der Waals surface area (Å²) in [5.41, 5.74) is -1.86. The molecule has 5 amide bonds. The van der Waals surface area contributed by atoms with Gasteiger partial charge in [-0.3, -0.25) is 58.0 Å². The maximum Gasteiger partial charge on any atom is 0.317 e. The van der Waals surface area contributed by atoms with Crippen LogP contribution in [0, 0.1) is 10.8 Å². The molecule has 1 aliphatic heterocycles. The summed E-state index contributed by atoms with van der Waals surface area (Å²) < 4.78 is 0. The van der Waals surface area contributed by atoms with Gasteiger partial charge >= 0.3 is 17.9 Å². The normalized spacial score (nSPS) is 16.8. The zero-order chi connectivity index (χ0) is 45.3. The van der Waals surface area contributed by atoms with Crippen LogP contribution in [0.5, 0.6) is 0 Å². The van der Waals surface area contributed by atoms with E-state index in [1.165, 1.54) is 21.6 Å². The van der Waals surface area contributed by atoms with Gasteiger partial charge in [0.15, 0.2) is 0 Å². The first-order chi connectivity index (χ1) is 28.1. The van der Waals surface area contributed by atoms with Gasteiger partial charge < -0.3 is 47.0 Å². The number of hydrogen-bond acceptors (Lipinski definition) is 15. The fraction of sp³-hybridized carbons (Fsp3) is 0.784. The lowest BCUT2D eigenvalue weighted by Crippen LogP contribution is -2.49. The number of carboxylic acids is 3. The number of carbonyl (C=O) groups is 8. The van der Waals surface area contributed by atoms with Gasteiger partial charge in [-0.15, -0.1) is 0 Å². The second-order valence-electron chi connectivity index (χ2n) is 15.6. The molecule has 0 saturated carbocycles. The molecule has 0 aromatic heterocycles. The van der Waals surface area contributed by atoms with Crippen LogP contribution in [-0.4, -0.2) is 216 Å². The van der Waals surface area contributed by atoms with E-state index in [0.29, 0.717) is 57.2 Å². The van der Waals surface area contributed by atoms with Gasteiger partial charge in [0.25, 0.3) is 0 Å². The maximum absolute atomic E-state index is 12.9. The minimum absolute atomic E-state index is 0.0163. The number of hydrogen-bond donors (Lipinski definition) is 9. The Kier molecular flexibility index (Phi) is 26.0. The molecule has 1 rings (SSSR count). The molecule has 0 bridgehead atoms. The molecule has 1 saturated heterocycles. The Morgan fingerprint density at radius 3 is 1.35 bits per heavy atom. The summed E-state index contributed by atoms with van der Waals surface area (Å²) in [6.45, 7) is 10.4. The monoisotopic (exact) mass is 893 g/mol. The van der Waals surface area contributed by atoms with Crippen LogP contribution in [0.3, 0.4) is 0 Å². The second-order valence-corrected chi connectivity index (χ2v) is 18.3. The first-order valence-corrected chi connectivity index (χ1v) is 22.5. The molecule has 21 nitrogen and oxygen atoms in total. The minimum atomic E-state index is -1.04. The van der Waals surface area contributed by atoms with Crippen LogP contribution in [0.2, 0.25) is 0 Å². The van der Waals surface area contributed by atoms with Crippen molar-refractivity contribution in [2.75, 3.05) is 123 Å². The average molecular weight is 894 g/mol. The third kappa shape index (κ3) is 24.5. The summed E-state index contributed by atoms with van der Waals surface area (Å²) in [6.07, 6.45) is -0.0385. The van der Waals surface area contributed by atoms with E-state index in [4.69, 9.17) is 0 Å². The van der Waals surface area contributed by atoms with Crippen molar-refractivity contribution < 1.29 is 58.8 Å². The molecule has 0 aliphatic carbocycles. The van der Waals surface area contributed by atoms with Gasteiger partial charge in [0.05, 0.1) is 45.4 Å². The maximum atomic E-state index is 12.9. The van der Waals surface area contributed by atoms with Crippen molar-refractivity contribution in [2.24, 2.45) is 10.8 Å². The first kappa shape index (κ1) is 54.3. The van der Waals surface area contributed by atoms with E-state index >= 15 is 0 Å². The van der Waals surface area contributed by atoms with E-state index in [1.807, 2.05) is 11.8 Å². The molecule has 23 heteroatoms. The van der Waals surface area contributed by atoms with Crippen molar-refractivity contribution in [3.8, 4) is 0 Å². The molecule has 1 heterocycles. The molecule has 344 valence electrons.